The smallest absolute Gasteiger partial charge is 0.337 e. The van der Waals surface area contributed by atoms with Crippen molar-refractivity contribution < 1.29 is 9.90 Å². The van der Waals surface area contributed by atoms with Gasteiger partial charge in [-0.2, -0.15) is 0 Å². The molecule has 0 radical (unpaired) electrons. The fourth-order valence-electron chi connectivity index (χ4n) is 2.02. The number of hydrogen-bond acceptors (Lipinski definition) is 2. The molecule has 0 amide bonds. The standard InChI is InChI=1S/C14H15BrN2O3/c1-8(2)7-10-12(15)13(18)17(16-10)11-6-4-3-5-9(11)14(19)20/h3-6,8,16H,7H2,1-2H3,(H,19,20). The first-order valence-electron chi connectivity index (χ1n) is 6.24. The van der Waals surface area contributed by atoms with Crippen LogP contribution in [0.25, 0.3) is 5.69 Å². The molecule has 0 unspecified atom stereocenters. The molecule has 2 N–H and O–H groups in total. The van der Waals surface area contributed by atoms with Crippen molar-refractivity contribution in [3.63, 3.8) is 0 Å². The molecule has 0 fully saturated rings. The third-order valence-corrected chi connectivity index (χ3v) is 3.71. The van der Waals surface area contributed by atoms with Crippen molar-refractivity contribution in [1.82, 2.24) is 9.78 Å². The third-order valence-electron chi connectivity index (χ3n) is 2.89. The molecule has 0 aliphatic rings. The lowest BCUT2D eigenvalue weighted by Crippen LogP contribution is -2.17. The zero-order valence-electron chi connectivity index (χ0n) is 11.2. The molecular formula is C14H15BrN2O3. The topological polar surface area (TPSA) is 75.1 Å². The van der Waals surface area contributed by atoms with Gasteiger partial charge in [0.05, 0.1) is 16.9 Å². The average molecular weight is 339 g/mol. The summed E-state index contributed by atoms with van der Waals surface area (Å²) in [5.41, 5.74) is 0.902. The van der Waals surface area contributed by atoms with Gasteiger partial charge in [-0.1, -0.05) is 26.0 Å². The fraction of sp³-hybridized carbons (Fsp3) is 0.286. The zero-order valence-corrected chi connectivity index (χ0v) is 12.8. The Morgan fingerprint density at radius 2 is 2.05 bits per heavy atom. The van der Waals surface area contributed by atoms with Gasteiger partial charge in [-0.25, -0.2) is 9.48 Å². The maximum Gasteiger partial charge on any atom is 0.337 e. The number of halogens is 1. The van der Waals surface area contributed by atoms with E-state index in [0.717, 1.165) is 5.69 Å². The first-order chi connectivity index (χ1) is 9.41. The maximum absolute atomic E-state index is 12.2. The van der Waals surface area contributed by atoms with Crippen LogP contribution in [0.15, 0.2) is 33.5 Å². The second-order valence-corrected chi connectivity index (χ2v) is 5.76. The lowest BCUT2D eigenvalue weighted by atomic mass is 10.1. The second kappa shape index (κ2) is 5.66. The fourth-order valence-corrected chi connectivity index (χ4v) is 2.45. The Morgan fingerprint density at radius 1 is 1.40 bits per heavy atom. The van der Waals surface area contributed by atoms with Gasteiger partial charge in [0.2, 0.25) is 0 Å². The molecule has 6 heteroatoms. The number of H-pyrrole nitrogens is 1. The van der Waals surface area contributed by atoms with Crippen LogP contribution < -0.4 is 5.56 Å². The van der Waals surface area contributed by atoms with E-state index < -0.39 is 5.97 Å². The number of para-hydroxylation sites is 1. The summed E-state index contributed by atoms with van der Waals surface area (Å²) >= 11 is 3.28. The van der Waals surface area contributed by atoms with E-state index in [-0.39, 0.29) is 11.1 Å². The lowest BCUT2D eigenvalue weighted by molar-refractivity contribution is 0.0696. The van der Waals surface area contributed by atoms with Crippen molar-refractivity contribution in [2.24, 2.45) is 5.92 Å². The number of carboxylic acids is 1. The number of hydrogen-bond donors (Lipinski definition) is 2. The normalized spacial score (nSPS) is 11.0. The number of benzene rings is 1. The first kappa shape index (κ1) is 14.6. The Balaban J connectivity index is 2.60. The molecule has 2 aromatic rings. The molecule has 0 bridgehead atoms. The summed E-state index contributed by atoms with van der Waals surface area (Å²) in [4.78, 5) is 23.5. The van der Waals surface area contributed by atoms with Crippen LogP contribution in [0.2, 0.25) is 0 Å². The minimum Gasteiger partial charge on any atom is -0.478 e. The third kappa shape index (κ3) is 2.70. The number of aromatic amines is 1. The molecule has 106 valence electrons. The first-order valence-corrected chi connectivity index (χ1v) is 7.03. The van der Waals surface area contributed by atoms with Gasteiger partial charge in [0.25, 0.3) is 5.56 Å². The molecule has 0 atom stereocenters. The van der Waals surface area contributed by atoms with Crippen molar-refractivity contribution in [2.75, 3.05) is 0 Å². The molecule has 5 nitrogen and oxygen atoms in total. The van der Waals surface area contributed by atoms with E-state index >= 15 is 0 Å². The van der Waals surface area contributed by atoms with Crippen LogP contribution in [0, 0.1) is 5.92 Å². The number of carboxylic acid groups (broad SMARTS) is 1. The van der Waals surface area contributed by atoms with Crippen molar-refractivity contribution in [3.05, 3.63) is 50.3 Å². The average Bonchev–Trinajstić information content (AvgIpc) is 2.66. The number of nitrogens with one attached hydrogen (secondary N) is 1. The SMILES string of the molecule is CC(C)Cc1[nH]n(-c2ccccc2C(=O)O)c(=O)c1Br. The highest BCUT2D eigenvalue weighted by Crippen LogP contribution is 2.18. The molecule has 0 aliphatic heterocycles. The largest absolute Gasteiger partial charge is 0.478 e. The van der Waals surface area contributed by atoms with Crippen molar-refractivity contribution in [3.8, 4) is 5.69 Å². The van der Waals surface area contributed by atoms with E-state index in [1.54, 1.807) is 18.2 Å². The Morgan fingerprint density at radius 3 is 2.65 bits per heavy atom. The van der Waals surface area contributed by atoms with E-state index in [1.165, 1.54) is 10.7 Å². The van der Waals surface area contributed by atoms with E-state index in [2.05, 4.69) is 21.0 Å². The minimum atomic E-state index is -1.07. The predicted octanol–water partition coefficient (Wildman–Crippen LogP) is 2.82. The van der Waals surface area contributed by atoms with Gasteiger partial charge in [0, 0.05) is 0 Å². The van der Waals surface area contributed by atoms with Gasteiger partial charge in [0.1, 0.15) is 4.47 Å². The Kier molecular flexibility index (Phi) is 4.13. The molecule has 1 heterocycles. The molecule has 1 aromatic carbocycles. The summed E-state index contributed by atoms with van der Waals surface area (Å²) in [5.74, 6) is -0.684. The summed E-state index contributed by atoms with van der Waals surface area (Å²) in [5, 5.41) is 12.2. The zero-order chi connectivity index (χ0) is 14.9. The van der Waals surface area contributed by atoms with Crippen LogP contribution in [0.5, 0.6) is 0 Å². The van der Waals surface area contributed by atoms with E-state index in [1.807, 2.05) is 13.8 Å². The van der Waals surface area contributed by atoms with E-state index in [9.17, 15) is 14.7 Å². The highest BCUT2D eigenvalue weighted by Gasteiger charge is 2.17. The van der Waals surface area contributed by atoms with Crippen molar-refractivity contribution in [2.45, 2.75) is 20.3 Å². The predicted molar refractivity (Wildman–Crippen MR) is 79.6 cm³/mol. The highest BCUT2D eigenvalue weighted by atomic mass is 79.9. The minimum absolute atomic E-state index is 0.0828. The van der Waals surface area contributed by atoms with Gasteiger partial charge in [-0.05, 0) is 40.4 Å². The summed E-state index contributed by atoms with van der Waals surface area (Å²) in [6.45, 7) is 4.10. The van der Waals surface area contributed by atoms with Gasteiger partial charge in [0.15, 0.2) is 0 Å². The van der Waals surface area contributed by atoms with Crippen LogP contribution in [0.4, 0.5) is 0 Å². The van der Waals surface area contributed by atoms with Crippen LogP contribution in [0.3, 0.4) is 0 Å². The molecule has 20 heavy (non-hydrogen) atoms. The summed E-state index contributed by atoms with van der Waals surface area (Å²) in [6.07, 6.45) is 0.706. The van der Waals surface area contributed by atoms with Gasteiger partial charge in [-0.3, -0.25) is 9.89 Å². The van der Waals surface area contributed by atoms with Gasteiger partial charge < -0.3 is 5.11 Å². The maximum atomic E-state index is 12.2. The molecule has 1 aromatic heterocycles. The van der Waals surface area contributed by atoms with Crippen LogP contribution in [-0.4, -0.2) is 20.9 Å². The van der Waals surface area contributed by atoms with Gasteiger partial charge >= 0.3 is 5.97 Å². The molecule has 0 spiro atoms. The molecule has 0 saturated carbocycles. The lowest BCUT2D eigenvalue weighted by Gasteiger charge is -2.06. The number of aromatic nitrogens is 2. The Labute approximate surface area is 124 Å². The number of aromatic carboxylic acids is 1. The summed E-state index contributed by atoms with van der Waals surface area (Å²) in [6, 6.07) is 6.41. The number of rotatable bonds is 4. The van der Waals surface area contributed by atoms with E-state index in [0.29, 0.717) is 22.5 Å². The summed E-state index contributed by atoms with van der Waals surface area (Å²) in [7, 11) is 0. The summed E-state index contributed by atoms with van der Waals surface area (Å²) < 4.78 is 1.72. The monoisotopic (exact) mass is 338 g/mol. The quantitative estimate of drug-likeness (QED) is 0.899. The molecular weight excluding hydrogens is 324 g/mol. The van der Waals surface area contributed by atoms with Crippen LogP contribution in [-0.2, 0) is 6.42 Å². The second-order valence-electron chi connectivity index (χ2n) is 4.97. The molecule has 0 saturated heterocycles. The number of carbonyl (C=O) groups is 1. The Bertz CT molecular complexity index is 701. The highest BCUT2D eigenvalue weighted by molar-refractivity contribution is 9.10. The van der Waals surface area contributed by atoms with E-state index in [4.69, 9.17) is 0 Å². The molecule has 2 rings (SSSR count). The molecule has 0 aliphatic carbocycles. The van der Waals surface area contributed by atoms with Crippen molar-refractivity contribution >= 4 is 21.9 Å². The Hall–Kier alpha value is -1.82. The van der Waals surface area contributed by atoms with Crippen LogP contribution >= 0.6 is 15.9 Å². The number of nitrogens with zero attached hydrogens (tertiary/aromatic N) is 1. The van der Waals surface area contributed by atoms with Crippen LogP contribution in [0.1, 0.15) is 29.9 Å². The van der Waals surface area contributed by atoms with Crippen molar-refractivity contribution in [1.29, 1.82) is 0 Å². The van der Waals surface area contributed by atoms with Gasteiger partial charge in [-0.15, -0.1) is 0 Å².